The Morgan fingerprint density at radius 3 is 2.34 bits per heavy atom. The van der Waals surface area contributed by atoms with E-state index in [-0.39, 0.29) is 23.1 Å². The lowest BCUT2D eigenvalue weighted by atomic mass is 10.0. The van der Waals surface area contributed by atoms with Crippen molar-refractivity contribution < 1.29 is 13.2 Å². The number of aryl methyl sites for hydroxylation is 1. The Labute approximate surface area is 172 Å². The molecule has 29 heavy (non-hydrogen) atoms. The lowest BCUT2D eigenvalue weighted by Gasteiger charge is -2.22. The average Bonchev–Trinajstić information content (AvgIpc) is 2.67. The number of nitrogen functional groups attached to an aromatic ring is 1. The molecule has 0 bridgehead atoms. The van der Waals surface area contributed by atoms with Gasteiger partial charge in [-0.15, -0.1) is 0 Å². The maximum absolute atomic E-state index is 12.9. The fraction of sp³-hybridized carbons (Fsp3) is 0.333. The molecule has 0 spiro atoms. The second-order valence-electron chi connectivity index (χ2n) is 7.12. The van der Waals surface area contributed by atoms with Crippen molar-refractivity contribution in [1.29, 1.82) is 5.41 Å². The summed E-state index contributed by atoms with van der Waals surface area (Å²) < 4.78 is 28.3. The van der Waals surface area contributed by atoms with Crippen LogP contribution in [0.5, 0.6) is 0 Å². The van der Waals surface area contributed by atoms with Crippen LogP contribution in [0.4, 0.5) is 0 Å². The first kappa shape index (κ1) is 22.6. The molecule has 0 unspecified atom stereocenters. The second-order valence-corrected chi connectivity index (χ2v) is 8.83. The van der Waals surface area contributed by atoms with E-state index >= 15 is 0 Å². The van der Waals surface area contributed by atoms with Crippen LogP contribution in [0.2, 0.25) is 0 Å². The molecular formula is C21H28N4O3S. The highest BCUT2D eigenvalue weighted by atomic mass is 32.2. The van der Waals surface area contributed by atoms with E-state index in [0.29, 0.717) is 11.1 Å². The van der Waals surface area contributed by atoms with Crippen LogP contribution in [-0.4, -0.2) is 45.2 Å². The smallest absolute Gasteiger partial charge is 0.241 e. The normalized spacial score (nSPS) is 12.4. The predicted octanol–water partition coefficient (Wildman–Crippen LogP) is 1.90. The van der Waals surface area contributed by atoms with Crippen LogP contribution in [-0.2, 0) is 27.7 Å². The molecule has 7 nitrogen and oxygen atoms in total. The summed E-state index contributed by atoms with van der Waals surface area (Å²) in [6.07, 6.45) is 2.00. The van der Waals surface area contributed by atoms with E-state index < -0.39 is 16.1 Å². The van der Waals surface area contributed by atoms with E-state index in [9.17, 15) is 13.2 Å². The fourth-order valence-electron chi connectivity index (χ4n) is 2.97. The molecule has 0 heterocycles. The van der Waals surface area contributed by atoms with Gasteiger partial charge < -0.3 is 10.6 Å². The van der Waals surface area contributed by atoms with E-state index in [2.05, 4.69) is 11.6 Å². The van der Waals surface area contributed by atoms with Crippen LogP contribution in [0.3, 0.4) is 0 Å². The quantitative estimate of drug-likeness (QED) is 0.427. The third-order valence-corrected chi connectivity index (χ3v) is 5.97. The molecule has 4 N–H and O–H groups in total. The van der Waals surface area contributed by atoms with Gasteiger partial charge in [0.15, 0.2) is 0 Å². The monoisotopic (exact) mass is 416 g/mol. The number of nitrogens with zero attached hydrogens (tertiary/aromatic N) is 1. The molecule has 0 aliphatic rings. The number of rotatable bonds is 9. The maximum atomic E-state index is 12.9. The van der Waals surface area contributed by atoms with E-state index in [1.165, 1.54) is 4.90 Å². The van der Waals surface area contributed by atoms with Crippen LogP contribution in [0.1, 0.15) is 30.0 Å². The molecule has 2 rings (SSSR count). The summed E-state index contributed by atoms with van der Waals surface area (Å²) >= 11 is 0. The number of likely N-dealkylation sites (N-methyl/N-ethyl adjacent to an activating group) is 1. The molecule has 0 saturated carbocycles. The molecule has 0 radical (unpaired) electrons. The van der Waals surface area contributed by atoms with Gasteiger partial charge in [-0.2, -0.15) is 4.72 Å². The molecule has 0 saturated heterocycles. The number of benzene rings is 2. The zero-order valence-electron chi connectivity index (χ0n) is 17.0. The molecule has 0 aliphatic carbocycles. The van der Waals surface area contributed by atoms with E-state index in [0.717, 1.165) is 18.4 Å². The van der Waals surface area contributed by atoms with E-state index in [1.54, 1.807) is 62.6 Å². The van der Waals surface area contributed by atoms with Gasteiger partial charge in [-0.05, 0) is 42.2 Å². The summed E-state index contributed by atoms with van der Waals surface area (Å²) in [6, 6.07) is 12.6. The zero-order valence-corrected chi connectivity index (χ0v) is 17.8. The Kier molecular flexibility index (Phi) is 7.53. The molecular weight excluding hydrogens is 388 g/mol. The van der Waals surface area contributed by atoms with E-state index in [1.807, 2.05) is 0 Å². The summed E-state index contributed by atoms with van der Waals surface area (Å²) in [5.41, 5.74) is 7.82. The van der Waals surface area contributed by atoms with Crippen molar-refractivity contribution >= 4 is 21.8 Å². The molecule has 2 aromatic rings. The number of nitrogens with two attached hydrogens (primary N) is 1. The minimum Gasteiger partial charge on any atom is -0.384 e. The van der Waals surface area contributed by atoms with Gasteiger partial charge >= 0.3 is 0 Å². The van der Waals surface area contributed by atoms with Crippen molar-refractivity contribution in [1.82, 2.24) is 9.62 Å². The minimum atomic E-state index is -3.88. The van der Waals surface area contributed by atoms with Crippen molar-refractivity contribution in [3.63, 3.8) is 0 Å². The lowest BCUT2D eigenvalue weighted by Crippen LogP contribution is -2.47. The Morgan fingerprint density at radius 2 is 1.79 bits per heavy atom. The molecule has 0 aromatic heterocycles. The highest BCUT2D eigenvalue weighted by Gasteiger charge is 2.27. The Balaban J connectivity index is 2.29. The van der Waals surface area contributed by atoms with Crippen molar-refractivity contribution in [3.8, 4) is 0 Å². The van der Waals surface area contributed by atoms with Gasteiger partial charge in [0.05, 0.1) is 4.90 Å². The standard InChI is InChI=1S/C21H28N4O3S/c1-4-6-15-9-11-18(12-10-15)29(27,28)24-19(21(26)25(2)3)14-16-7-5-8-17(13-16)20(22)23/h5,7-13,19,24H,4,6,14H2,1-3H3,(H3,22,23)/t19-/m0/s1. The second kappa shape index (κ2) is 9.67. The number of nitrogens with one attached hydrogen (secondary N) is 2. The first-order chi connectivity index (χ1) is 13.6. The highest BCUT2D eigenvalue weighted by Crippen LogP contribution is 2.15. The predicted molar refractivity (Wildman–Crippen MR) is 114 cm³/mol. The molecule has 0 fully saturated rings. The van der Waals surface area contributed by atoms with Crippen LogP contribution in [0.15, 0.2) is 53.4 Å². The van der Waals surface area contributed by atoms with Gasteiger partial charge in [0.25, 0.3) is 0 Å². The number of carbonyl (C=O) groups excluding carboxylic acids is 1. The summed E-state index contributed by atoms with van der Waals surface area (Å²) in [7, 11) is -0.724. The van der Waals surface area contributed by atoms with Crippen molar-refractivity contribution in [2.45, 2.75) is 37.1 Å². The highest BCUT2D eigenvalue weighted by molar-refractivity contribution is 7.89. The van der Waals surface area contributed by atoms with Gasteiger partial charge in [0.2, 0.25) is 15.9 Å². The van der Waals surface area contributed by atoms with Gasteiger partial charge in [-0.25, -0.2) is 8.42 Å². The number of amidine groups is 1. The van der Waals surface area contributed by atoms with Crippen LogP contribution in [0.25, 0.3) is 0 Å². The molecule has 2 aromatic carbocycles. The van der Waals surface area contributed by atoms with Crippen molar-refractivity contribution in [3.05, 3.63) is 65.2 Å². The molecule has 1 atom stereocenters. The number of amides is 1. The van der Waals surface area contributed by atoms with Gasteiger partial charge in [-0.3, -0.25) is 10.2 Å². The number of carbonyl (C=O) groups is 1. The molecule has 1 amide bonds. The van der Waals surface area contributed by atoms with Gasteiger partial charge in [-0.1, -0.05) is 43.7 Å². The molecule has 156 valence electrons. The summed E-state index contributed by atoms with van der Waals surface area (Å²) in [4.78, 5) is 14.1. The average molecular weight is 417 g/mol. The Morgan fingerprint density at radius 1 is 1.14 bits per heavy atom. The third kappa shape index (κ3) is 6.13. The summed E-state index contributed by atoms with van der Waals surface area (Å²) in [5.74, 6) is -0.445. The first-order valence-electron chi connectivity index (χ1n) is 9.39. The van der Waals surface area contributed by atoms with Crippen molar-refractivity contribution in [2.24, 2.45) is 5.73 Å². The number of sulfonamides is 1. The zero-order chi connectivity index (χ0) is 21.6. The van der Waals surface area contributed by atoms with Crippen molar-refractivity contribution in [2.75, 3.05) is 14.1 Å². The maximum Gasteiger partial charge on any atom is 0.241 e. The Bertz CT molecular complexity index is 970. The molecule has 8 heteroatoms. The Hall–Kier alpha value is -2.71. The largest absolute Gasteiger partial charge is 0.384 e. The van der Waals surface area contributed by atoms with Gasteiger partial charge in [0.1, 0.15) is 11.9 Å². The van der Waals surface area contributed by atoms with Crippen LogP contribution >= 0.6 is 0 Å². The fourth-order valence-corrected chi connectivity index (χ4v) is 4.16. The number of hydrogen-bond donors (Lipinski definition) is 3. The van der Waals surface area contributed by atoms with Crippen LogP contribution < -0.4 is 10.5 Å². The molecule has 0 aliphatic heterocycles. The lowest BCUT2D eigenvalue weighted by molar-refractivity contribution is -0.130. The first-order valence-corrected chi connectivity index (χ1v) is 10.9. The third-order valence-electron chi connectivity index (χ3n) is 4.49. The number of hydrogen-bond acceptors (Lipinski definition) is 4. The SMILES string of the molecule is CCCc1ccc(S(=O)(=O)N[C@@H](Cc2cccc(C(=N)N)c2)C(=O)N(C)C)cc1. The van der Waals surface area contributed by atoms with Crippen LogP contribution in [0, 0.1) is 5.41 Å². The minimum absolute atomic E-state index is 0.0879. The van der Waals surface area contributed by atoms with Gasteiger partial charge in [0, 0.05) is 19.7 Å². The summed E-state index contributed by atoms with van der Waals surface area (Å²) in [6.45, 7) is 2.06. The summed E-state index contributed by atoms with van der Waals surface area (Å²) in [5, 5.41) is 7.56. The topological polar surface area (TPSA) is 116 Å². The van der Waals surface area contributed by atoms with E-state index in [4.69, 9.17) is 11.1 Å².